The Kier molecular flexibility index (Phi) is 7.62. The van der Waals surface area contributed by atoms with Crippen LogP contribution in [-0.2, 0) is 11.4 Å². The van der Waals surface area contributed by atoms with Crippen LogP contribution in [0.15, 0.2) is 71.6 Å². The van der Waals surface area contributed by atoms with Crippen LogP contribution in [-0.4, -0.2) is 17.8 Å². The number of para-hydroxylation sites is 1. The Bertz CT molecular complexity index is 1230. The van der Waals surface area contributed by atoms with Crippen molar-refractivity contribution in [2.75, 3.05) is 11.5 Å². The zero-order valence-electron chi connectivity index (χ0n) is 17.6. The van der Waals surface area contributed by atoms with Gasteiger partial charge < -0.3 is 9.47 Å². The van der Waals surface area contributed by atoms with Crippen LogP contribution >= 0.6 is 46.0 Å². The molecule has 1 aliphatic rings. The van der Waals surface area contributed by atoms with Crippen molar-refractivity contribution in [2.45, 2.75) is 13.5 Å². The summed E-state index contributed by atoms with van der Waals surface area (Å²) in [7, 11) is 0. The Morgan fingerprint density at radius 3 is 2.48 bits per heavy atom. The van der Waals surface area contributed by atoms with Gasteiger partial charge in [0.05, 0.1) is 20.8 Å². The summed E-state index contributed by atoms with van der Waals surface area (Å²) in [5, 5.41) is 0.313. The average molecular weight is 592 g/mol. The molecule has 0 bridgehead atoms. The highest BCUT2D eigenvalue weighted by molar-refractivity contribution is 14.1. The largest absolute Gasteiger partial charge is 0.490 e. The zero-order chi connectivity index (χ0) is 23.4. The van der Waals surface area contributed by atoms with E-state index in [2.05, 4.69) is 22.6 Å². The van der Waals surface area contributed by atoms with E-state index in [1.807, 2.05) is 49.4 Å². The summed E-state index contributed by atoms with van der Waals surface area (Å²) in [4.78, 5) is 27.0. The molecule has 5 nitrogen and oxygen atoms in total. The molecule has 33 heavy (non-hydrogen) atoms. The van der Waals surface area contributed by atoms with Crippen LogP contribution in [0.3, 0.4) is 0 Å². The molecule has 0 saturated carbocycles. The number of rotatable bonds is 7. The average Bonchev–Trinajstić information content (AvgIpc) is 3.07. The number of hydrogen-bond donors (Lipinski definition) is 0. The van der Waals surface area contributed by atoms with E-state index < -0.39 is 0 Å². The lowest BCUT2D eigenvalue weighted by Gasteiger charge is -2.15. The van der Waals surface area contributed by atoms with Crippen LogP contribution in [0.2, 0.25) is 5.02 Å². The normalized spacial score (nSPS) is 14.8. The first-order valence-corrected chi connectivity index (χ1v) is 12.4. The van der Waals surface area contributed by atoms with Gasteiger partial charge in [-0.3, -0.25) is 9.59 Å². The minimum atomic E-state index is -0.344. The van der Waals surface area contributed by atoms with Gasteiger partial charge in [0.15, 0.2) is 11.5 Å². The molecule has 1 heterocycles. The molecule has 168 valence electrons. The first kappa shape index (κ1) is 23.7. The highest BCUT2D eigenvalue weighted by Gasteiger charge is 2.36. The van der Waals surface area contributed by atoms with Gasteiger partial charge in [-0.25, -0.2) is 4.90 Å². The van der Waals surface area contributed by atoms with Gasteiger partial charge >= 0.3 is 0 Å². The van der Waals surface area contributed by atoms with Gasteiger partial charge in [-0.05, 0) is 83.2 Å². The number of imide groups is 1. The summed E-state index contributed by atoms with van der Waals surface area (Å²) in [6, 6.07) is 20.1. The van der Waals surface area contributed by atoms with E-state index in [9.17, 15) is 9.59 Å². The van der Waals surface area contributed by atoms with Crippen LogP contribution < -0.4 is 14.4 Å². The maximum Gasteiger partial charge on any atom is 0.298 e. The van der Waals surface area contributed by atoms with E-state index >= 15 is 0 Å². The van der Waals surface area contributed by atoms with E-state index in [1.165, 1.54) is 4.90 Å². The van der Waals surface area contributed by atoms with Crippen LogP contribution in [0.1, 0.15) is 18.1 Å². The van der Waals surface area contributed by atoms with Crippen molar-refractivity contribution in [1.29, 1.82) is 0 Å². The van der Waals surface area contributed by atoms with Crippen molar-refractivity contribution in [3.63, 3.8) is 0 Å². The van der Waals surface area contributed by atoms with Gasteiger partial charge in [-0.15, -0.1) is 0 Å². The standard InChI is InChI=1S/C25H19ClINO4S/c1-2-31-21-13-16(12-20(27)23(21)32-15-17-8-6-7-11-19(17)26)14-22-24(29)28(25(30)33-22)18-9-4-3-5-10-18/h3-14H,2,15H2,1H3/b22-14-. The second kappa shape index (κ2) is 10.6. The SMILES string of the molecule is CCOc1cc(/C=C2\SC(=O)N(c3ccccc3)C2=O)cc(I)c1OCc1ccccc1Cl. The summed E-state index contributed by atoms with van der Waals surface area (Å²) in [5.41, 5.74) is 2.17. The lowest BCUT2D eigenvalue weighted by Crippen LogP contribution is -2.27. The summed E-state index contributed by atoms with van der Waals surface area (Å²) in [5.74, 6) is 0.820. The van der Waals surface area contributed by atoms with Crippen molar-refractivity contribution in [3.05, 3.63) is 91.4 Å². The lowest BCUT2D eigenvalue weighted by molar-refractivity contribution is -0.113. The molecule has 4 rings (SSSR count). The third kappa shape index (κ3) is 5.37. The van der Waals surface area contributed by atoms with Crippen molar-refractivity contribution >= 4 is 68.9 Å². The number of carbonyl (C=O) groups is 2. The molecule has 0 radical (unpaired) electrons. The van der Waals surface area contributed by atoms with Gasteiger partial charge in [0.1, 0.15) is 6.61 Å². The summed E-state index contributed by atoms with van der Waals surface area (Å²) >= 11 is 9.34. The number of nitrogens with zero attached hydrogens (tertiary/aromatic N) is 1. The van der Waals surface area contributed by atoms with Crippen LogP contribution in [0.5, 0.6) is 11.5 Å². The highest BCUT2D eigenvalue weighted by atomic mass is 127. The van der Waals surface area contributed by atoms with E-state index in [1.54, 1.807) is 30.3 Å². The minimum Gasteiger partial charge on any atom is -0.490 e. The Morgan fingerprint density at radius 1 is 1.03 bits per heavy atom. The third-order valence-corrected chi connectivity index (χ3v) is 6.81. The number of anilines is 1. The van der Waals surface area contributed by atoms with Gasteiger partial charge in [-0.1, -0.05) is 48.0 Å². The molecular formula is C25H19ClINO4S. The number of halogens is 2. The molecule has 0 aliphatic carbocycles. The van der Waals surface area contributed by atoms with Gasteiger partial charge in [-0.2, -0.15) is 0 Å². The molecule has 0 atom stereocenters. The zero-order valence-corrected chi connectivity index (χ0v) is 21.3. The number of ether oxygens (including phenoxy) is 2. The first-order chi connectivity index (χ1) is 16.0. The predicted molar refractivity (Wildman–Crippen MR) is 141 cm³/mol. The molecule has 3 aromatic carbocycles. The quantitative estimate of drug-likeness (QED) is 0.216. The Labute approximate surface area is 214 Å². The van der Waals surface area contributed by atoms with Gasteiger partial charge in [0, 0.05) is 10.6 Å². The molecule has 0 spiro atoms. The number of thioether (sulfide) groups is 1. The number of amides is 2. The Morgan fingerprint density at radius 2 is 1.76 bits per heavy atom. The fourth-order valence-electron chi connectivity index (χ4n) is 3.26. The summed E-state index contributed by atoms with van der Waals surface area (Å²) < 4.78 is 12.7. The fourth-order valence-corrected chi connectivity index (χ4v) is 5.07. The highest BCUT2D eigenvalue weighted by Crippen LogP contribution is 2.39. The van der Waals surface area contributed by atoms with E-state index in [4.69, 9.17) is 21.1 Å². The van der Waals surface area contributed by atoms with Crippen molar-refractivity contribution in [3.8, 4) is 11.5 Å². The van der Waals surface area contributed by atoms with Crippen LogP contribution in [0.25, 0.3) is 6.08 Å². The molecule has 0 aromatic heterocycles. The number of carbonyl (C=O) groups excluding carboxylic acids is 2. The molecular weight excluding hydrogens is 573 g/mol. The van der Waals surface area contributed by atoms with E-state index in [0.29, 0.717) is 40.3 Å². The molecule has 0 unspecified atom stereocenters. The maximum absolute atomic E-state index is 12.9. The molecule has 2 amide bonds. The molecule has 0 N–H and O–H groups in total. The number of benzene rings is 3. The van der Waals surface area contributed by atoms with Gasteiger partial charge in [0.25, 0.3) is 11.1 Å². The van der Waals surface area contributed by atoms with Crippen molar-refractivity contribution in [1.82, 2.24) is 0 Å². The molecule has 1 saturated heterocycles. The second-order valence-electron chi connectivity index (χ2n) is 7.00. The predicted octanol–water partition coefficient (Wildman–Crippen LogP) is 7.16. The van der Waals surface area contributed by atoms with E-state index in [0.717, 1.165) is 26.5 Å². The monoisotopic (exact) mass is 591 g/mol. The van der Waals surface area contributed by atoms with E-state index in [-0.39, 0.29) is 11.1 Å². The van der Waals surface area contributed by atoms with Crippen LogP contribution in [0, 0.1) is 3.57 Å². The summed E-state index contributed by atoms with van der Waals surface area (Å²) in [6.45, 7) is 2.64. The lowest BCUT2D eigenvalue weighted by atomic mass is 10.1. The molecule has 1 aliphatic heterocycles. The molecule has 3 aromatic rings. The molecule has 1 fully saturated rings. The maximum atomic E-state index is 12.9. The summed E-state index contributed by atoms with van der Waals surface area (Å²) in [6.07, 6.45) is 1.70. The van der Waals surface area contributed by atoms with Crippen molar-refractivity contribution < 1.29 is 19.1 Å². The van der Waals surface area contributed by atoms with Crippen LogP contribution in [0.4, 0.5) is 10.5 Å². The Balaban J connectivity index is 1.61. The molecule has 8 heteroatoms. The second-order valence-corrected chi connectivity index (χ2v) is 9.56. The fraction of sp³-hybridized carbons (Fsp3) is 0.120. The first-order valence-electron chi connectivity index (χ1n) is 10.1. The van der Waals surface area contributed by atoms with Crippen molar-refractivity contribution in [2.24, 2.45) is 0 Å². The third-order valence-electron chi connectivity index (χ3n) is 4.77. The minimum absolute atomic E-state index is 0.297. The number of hydrogen-bond acceptors (Lipinski definition) is 5. The topological polar surface area (TPSA) is 55.8 Å². The smallest absolute Gasteiger partial charge is 0.298 e. The van der Waals surface area contributed by atoms with Gasteiger partial charge in [0.2, 0.25) is 0 Å². The Hall–Kier alpha value is -2.49.